The van der Waals surface area contributed by atoms with Crippen LogP contribution in [0.4, 0.5) is 11.8 Å². The van der Waals surface area contributed by atoms with E-state index in [4.69, 9.17) is 19.4 Å². The Kier molecular flexibility index (Phi) is 7.09. The highest BCUT2D eigenvalue weighted by atomic mass is 32.2. The molecule has 5 rings (SSSR count). The number of imidazole rings is 1. The maximum atomic E-state index is 11.8. The van der Waals surface area contributed by atoms with Gasteiger partial charge in [0.1, 0.15) is 0 Å². The quantitative estimate of drug-likeness (QED) is 0.326. The average Bonchev–Trinajstić information content (AvgIpc) is 3.51. The van der Waals surface area contributed by atoms with E-state index in [9.17, 15) is 8.42 Å². The van der Waals surface area contributed by atoms with Crippen molar-refractivity contribution in [2.24, 2.45) is 0 Å². The van der Waals surface area contributed by atoms with Crippen LogP contribution in [0.3, 0.4) is 0 Å². The summed E-state index contributed by atoms with van der Waals surface area (Å²) < 4.78 is 37.9. The van der Waals surface area contributed by atoms with Crippen molar-refractivity contribution in [3.63, 3.8) is 0 Å². The molecule has 4 aromatic rings. The van der Waals surface area contributed by atoms with Crippen LogP contribution in [0.2, 0.25) is 0 Å². The molecule has 1 aliphatic heterocycles. The second-order valence-corrected chi connectivity index (χ2v) is 11.5. The van der Waals surface area contributed by atoms with Crippen molar-refractivity contribution in [3.8, 4) is 11.5 Å². The van der Waals surface area contributed by atoms with Gasteiger partial charge < -0.3 is 24.3 Å². The Morgan fingerprint density at radius 1 is 1.03 bits per heavy atom. The first-order valence-electron chi connectivity index (χ1n) is 12.2. The van der Waals surface area contributed by atoms with Gasteiger partial charge in [-0.05, 0) is 30.2 Å². The number of nitrogens with zero attached hydrogens (tertiary/aromatic N) is 6. The monoisotopic (exact) mass is 537 g/mol. The van der Waals surface area contributed by atoms with Gasteiger partial charge in [-0.25, -0.2) is 17.7 Å². The molecule has 0 amide bonds. The molecule has 38 heavy (non-hydrogen) atoms. The molecule has 0 saturated carbocycles. The zero-order valence-electron chi connectivity index (χ0n) is 21.9. The summed E-state index contributed by atoms with van der Waals surface area (Å²) in [5.74, 6) is 2.51. The number of hydrogen-bond acceptors (Lipinski definition) is 9. The number of benzene rings is 2. The first-order valence-corrected chi connectivity index (χ1v) is 14.1. The number of nitrogens with one attached hydrogen (secondary N) is 1. The van der Waals surface area contributed by atoms with Gasteiger partial charge >= 0.3 is 0 Å². The average molecular weight is 538 g/mol. The lowest BCUT2D eigenvalue weighted by Crippen LogP contribution is -2.34. The van der Waals surface area contributed by atoms with Crippen LogP contribution in [-0.4, -0.2) is 72.5 Å². The second-order valence-electron chi connectivity index (χ2n) is 9.45. The third kappa shape index (κ3) is 5.65. The maximum Gasteiger partial charge on any atom is 0.231 e. The molecule has 0 aliphatic carbocycles. The zero-order valence-corrected chi connectivity index (χ0v) is 22.7. The lowest BCUT2D eigenvalue weighted by atomic mass is 10.1. The molecule has 1 aliphatic rings. The van der Waals surface area contributed by atoms with E-state index < -0.39 is 10.0 Å². The molecule has 0 fully saturated rings. The molecule has 0 saturated heterocycles. The minimum atomic E-state index is -3.28. The Morgan fingerprint density at radius 2 is 1.84 bits per heavy atom. The van der Waals surface area contributed by atoms with Gasteiger partial charge in [-0.1, -0.05) is 35.9 Å². The first-order chi connectivity index (χ1) is 18.2. The second kappa shape index (κ2) is 10.5. The highest BCUT2D eigenvalue weighted by Gasteiger charge is 2.19. The zero-order chi connectivity index (χ0) is 26.9. The van der Waals surface area contributed by atoms with E-state index in [1.54, 1.807) is 13.4 Å². The minimum absolute atomic E-state index is 0.224. The first kappa shape index (κ1) is 25.7. The van der Waals surface area contributed by atoms with Crippen molar-refractivity contribution in [2.45, 2.75) is 20.0 Å². The summed E-state index contributed by atoms with van der Waals surface area (Å²) in [6.45, 7) is 4.12. The van der Waals surface area contributed by atoms with E-state index in [0.29, 0.717) is 49.1 Å². The van der Waals surface area contributed by atoms with Crippen LogP contribution >= 0.6 is 0 Å². The Balaban J connectivity index is 1.45. The lowest BCUT2D eigenvalue weighted by Gasteiger charge is -2.21. The van der Waals surface area contributed by atoms with Crippen molar-refractivity contribution in [2.75, 3.05) is 50.5 Å². The molecule has 0 unspecified atom stereocenters. The summed E-state index contributed by atoms with van der Waals surface area (Å²) in [6.07, 6.45) is 2.96. The summed E-state index contributed by atoms with van der Waals surface area (Å²) in [5, 5.41) is 3.41. The lowest BCUT2D eigenvalue weighted by molar-refractivity contribution is 0.174. The molecule has 1 N–H and O–H groups in total. The molecule has 200 valence electrons. The van der Waals surface area contributed by atoms with Crippen molar-refractivity contribution >= 4 is 33.0 Å². The topological polar surface area (TPSA) is 115 Å². The predicted octanol–water partition coefficient (Wildman–Crippen LogP) is 2.85. The Hall–Kier alpha value is -3.90. The van der Waals surface area contributed by atoms with Crippen molar-refractivity contribution in [1.82, 2.24) is 23.8 Å². The van der Waals surface area contributed by atoms with Crippen molar-refractivity contribution in [3.05, 3.63) is 65.5 Å². The summed E-state index contributed by atoms with van der Waals surface area (Å²) in [7, 11) is 0.123. The SMILES string of the molecule is Cc1cccc(Cn2cnc3c(NCc4ccc5c(c4)OCO5)nc(N(C)CCN(C)S(C)(=O)=O)nc32)c1. The molecule has 3 heterocycles. The minimum Gasteiger partial charge on any atom is -0.454 e. The Labute approximate surface area is 222 Å². The third-order valence-corrected chi connectivity index (χ3v) is 7.76. The molecule has 12 heteroatoms. The van der Waals surface area contributed by atoms with E-state index in [2.05, 4.69) is 35.4 Å². The normalized spacial score (nSPS) is 12.9. The molecule has 0 spiro atoms. The van der Waals surface area contributed by atoms with Crippen LogP contribution in [0.15, 0.2) is 48.8 Å². The number of sulfonamides is 1. The number of likely N-dealkylation sites (N-methyl/N-ethyl adjacent to an activating group) is 2. The van der Waals surface area contributed by atoms with E-state index in [0.717, 1.165) is 22.6 Å². The molecule has 0 radical (unpaired) electrons. The van der Waals surface area contributed by atoms with E-state index in [1.165, 1.54) is 16.1 Å². The molecular formula is C26H31N7O4S. The largest absolute Gasteiger partial charge is 0.454 e. The molecular weight excluding hydrogens is 506 g/mol. The van der Waals surface area contributed by atoms with Crippen LogP contribution in [0.25, 0.3) is 11.2 Å². The third-order valence-electron chi connectivity index (χ3n) is 6.44. The van der Waals surface area contributed by atoms with Gasteiger partial charge in [0.05, 0.1) is 19.1 Å². The van der Waals surface area contributed by atoms with Crippen LogP contribution < -0.4 is 19.7 Å². The number of rotatable bonds is 10. The maximum absolute atomic E-state index is 11.8. The number of aromatic nitrogens is 4. The summed E-state index contributed by atoms with van der Waals surface area (Å²) in [5.41, 5.74) is 4.67. The van der Waals surface area contributed by atoms with Gasteiger partial charge in [-0.2, -0.15) is 9.97 Å². The standard InChI is InChI=1S/C26H31N7O4S/c1-18-6-5-7-20(12-18)15-33-16-28-23-24(27-14-19-8-9-21-22(13-19)37-17-36-21)29-26(30-25(23)33)31(2)10-11-32(3)38(4,34)35/h5-9,12-13,16H,10-11,14-15,17H2,1-4H3,(H,27,29,30). The molecule has 11 nitrogen and oxygen atoms in total. The van der Waals surface area contributed by atoms with Crippen LogP contribution in [0, 0.1) is 6.92 Å². The van der Waals surface area contributed by atoms with Crippen LogP contribution in [0.5, 0.6) is 11.5 Å². The smallest absolute Gasteiger partial charge is 0.231 e. The van der Waals surface area contributed by atoms with Crippen molar-refractivity contribution < 1.29 is 17.9 Å². The highest BCUT2D eigenvalue weighted by molar-refractivity contribution is 7.88. The summed E-state index contributed by atoms with van der Waals surface area (Å²) in [4.78, 5) is 16.1. The van der Waals surface area contributed by atoms with Gasteiger partial charge in [-0.15, -0.1) is 0 Å². The van der Waals surface area contributed by atoms with Gasteiger partial charge in [0.15, 0.2) is 28.5 Å². The van der Waals surface area contributed by atoms with Gasteiger partial charge in [0.2, 0.25) is 22.8 Å². The molecule has 2 aromatic heterocycles. The summed E-state index contributed by atoms with van der Waals surface area (Å²) >= 11 is 0. The van der Waals surface area contributed by atoms with Crippen LogP contribution in [0.1, 0.15) is 16.7 Å². The summed E-state index contributed by atoms with van der Waals surface area (Å²) in [6, 6.07) is 14.1. The number of fused-ring (bicyclic) bond motifs is 2. The fourth-order valence-electron chi connectivity index (χ4n) is 4.14. The van der Waals surface area contributed by atoms with Gasteiger partial charge in [-0.3, -0.25) is 0 Å². The number of hydrogen-bond donors (Lipinski definition) is 1. The number of anilines is 2. The highest BCUT2D eigenvalue weighted by Crippen LogP contribution is 2.33. The molecule has 2 aromatic carbocycles. The van der Waals surface area contributed by atoms with Crippen LogP contribution in [-0.2, 0) is 23.1 Å². The predicted molar refractivity (Wildman–Crippen MR) is 146 cm³/mol. The number of aryl methyl sites for hydroxylation is 1. The molecule has 0 bridgehead atoms. The fraction of sp³-hybridized carbons (Fsp3) is 0.346. The van der Waals surface area contributed by atoms with Gasteiger partial charge in [0.25, 0.3) is 0 Å². The fourth-order valence-corrected chi connectivity index (χ4v) is 4.56. The number of ether oxygens (including phenoxy) is 2. The Morgan fingerprint density at radius 3 is 2.63 bits per heavy atom. The van der Waals surface area contributed by atoms with E-state index in [1.807, 2.05) is 40.8 Å². The van der Waals surface area contributed by atoms with Gasteiger partial charge in [0, 0.05) is 33.7 Å². The van der Waals surface area contributed by atoms with Crippen molar-refractivity contribution in [1.29, 1.82) is 0 Å². The van der Waals surface area contributed by atoms with E-state index >= 15 is 0 Å². The Bertz CT molecular complexity index is 1570. The van der Waals surface area contributed by atoms with E-state index in [-0.39, 0.29) is 6.79 Å². The molecule has 0 atom stereocenters.